The molecular weight excluding hydrogens is 212 g/mol. The van der Waals surface area contributed by atoms with Crippen molar-refractivity contribution in [1.29, 1.82) is 0 Å². The summed E-state index contributed by atoms with van der Waals surface area (Å²) in [4.78, 5) is 21.6. The van der Waals surface area contributed by atoms with Gasteiger partial charge in [0.2, 0.25) is 0 Å². The van der Waals surface area contributed by atoms with E-state index in [9.17, 15) is 14.9 Å². The molecule has 1 aromatic carbocycles. The predicted molar refractivity (Wildman–Crippen MR) is 57.1 cm³/mol. The number of benzene rings is 1. The number of nitrogens with one attached hydrogen (secondary N) is 1. The summed E-state index contributed by atoms with van der Waals surface area (Å²) in [6, 6.07) is 5.74. The van der Waals surface area contributed by atoms with Crippen molar-refractivity contribution in [3.8, 4) is 0 Å². The lowest BCUT2D eigenvalue weighted by Crippen LogP contribution is -2.25. The third-order valence-corrected chi connectivity index (χ3v) is 1.97. The van der Waals surface area contributed by atoms with Gasteiger partial charge in [0.1, 0.15) is 5.56 Å². The van der Waals surface area contributed by atoms with Crippen molar-refractivity contribution in [3.05, 3.63) is 39.9 Å². The second-order valence-corrected chi connectivity index (χ2v) is 3.11. The van der Waals surface area contributed by atoms with Crippen LogP contribution in [0.1, 0.15) is 16.8 Å². The summed E-state index contributed by atoms with van der Waals surface area (Å²) >= 11 is 0. The number of amides is 1. The van der Waals surface area contributed by atoms with E-state index in [1.807, 2.05) is 0 Å². The van der Waals surface area contributed by atoms with Crippen LogP contribution < -0.4 is 5.32 Å². The predicted octanol–water partition coefficient (Wildman–Crippen LogP) is 0.707. The Morgan fingerprint density at radius 1 is 1.44 bits per heavy atom. The fraction of sp³-hybridized carbons (Fsp3) is 0.300. The summed E-state index contributed by atoms with van der Waals surface area (Å²) in [6.07, 6.45) is 0.423. The molecule has 2 N–H and O–H groups in total. The van der Waals surface area contributed by atoms with Gasteiger partial charge in [-0.05, 0) is 12.5 Å². The molecule has 1 aromatic rings. The maximum Gasteiger partial charge on any atom is 0.282 e. The van der Waals surface area contributed by atoms with Gasteiger partial charge in [-0.25, -0.2) is 0 Å². The molecule has 0 aliphatic rings. The molecule has 0 fully saturated rings. The van der Waals surface area contributed by atoms with Gasteiger partial charge in [0.25, 0.3) is 11.6 Å². The number of rotatable bonds is 5. The van der Waals surface area contributed by atoms with Crippen LogP contribution in [-0.2, 0) is 0 Å². The van der Waals surface area contributed by atoms with Crippen molar-refractivity contribution in [3.63, 3.8) is 0 Å². The first kappa shape index (κ1) is 12.1. The van der Waals surface area contributed by atoms with Crippen LogP contribution in [0.2, 0.25) is 0 Å². The van der Waals surface area contributed by atoms with Crippen LogP contribution in [0.15, 0.2) is 24.3 Å². The molecule has 0 aromatic heterocycles. The lowest BCUT2D eigenvalue weighted by Gasteiger charge is -2.04. The minimum absolute atomic E-state index is 0.0306. The van der Waals surface area contributed by atoms with Gasteiger partial charge < -0.3 is 10.4 Å². The highest BCUT2D eigenvalue weighted by Gasteiger charge is 2.18. The number of nitro groups is 1. The molecule has 1 rings (SSSR count). The van der Waals surface area contributed by atoms with Crippen molar-refractivity contribution < 1.29 is 14.8 Å². The van der Waals surface area contributed by atoms with E-state index in [0.29, 0.717) is 13.0 Å². The van der Waals surface area contributed by atoms with E-state index >= 15 is 0 Å². The SMILES string of the molecule is O=C(NCCCO)c1ccccc1[N+](=O)[O-]. The van der Waals surface area contributed by atoms with Crippen LogP contribution in [-0.4, -0.2) is 29.1 Å². The van der Waals surface area contributed by atoms with E-state index < -0.39 is 10.8 Å². The molecule has 0 saturated carbocycles. The standard InChI is InChI=1S/C10H12N2O4/c13-7-3-6-11-10(14)8-4-1-2-5-9(8)12(15)16/h1-2,4-5,13H,3,6-7H2,(H,11,14). The Bertz CT molecular complexity index is 392. The van der Waals surface area contributed by atoms with Gasteiger partial charge in [-0.3, -0.25) is 14.9 Å². The zero-order valence-electron chi connectivity index (χ0n) is 8.55. The highest BCUT2D eigenvalue weighted by atomic mass is 16.6. The molecule has 16 heavy (non-hydrogen) atoms. The second kappa shape index (κ2) is 5.82. The number of nitrogens with zero attached hydrogens (tertiary/aromatic N) is 1. The number of para-hydroxylation sites is 1. The van der Waals surface area contributed by atoms with Gasteiger partial charge >= 0.3 is 0 Å². The van der Waals surface area contributed by atoms with Gasteiger partial charge in [0, 0.05) is 19.2 Å². The van der Waals surface area contributed by atoms with Gasteiger partial charge in [-0.1, -0.05) is 12.1 Å². The van der Waals surface area contributed by atoms with Crippen LogP contribution in [0.3, 0.4) is 0 Å². The molecule has 86 valence electrons. The van der Waals surface area contributed by atoms with E-state index in [0.717, 1.165) is 0 Å². The zero-order valence-corrected chi connectivity index (χ0v) is 8.55. The van der Waals surface area contributed by atoms with Gasteiger partial charge in [-0.15, -0.1) is 0 Å². The maximum atomic E-state index is 11.5. The van der Waals surface area contributed by atoms with Crippen LogP contribution in [0.4, 0.5) is 5.69 Å². The average Bonchev–Trinajstić information content (AvgIpc) is 2.29. The molecule has 0 unspecified atom stereocenters. The number of hydrogen-bond acceptors (Lipinski definition) is 4. The lowest BCUT2D eigenvalue weighted by molar-refractivity contribution is -0.385. The summed E-state index contributed by atoms with van der Waals surface area (Å²) in [6.45, 7) is 0.262. The first-order chi connectivity index (χ1) is 7.66. The number of nitro benzene ring substituents is 1. The highest BCUT2D eigenvalue weighted by Crippen LogP contribution is 2.16. The third-order valence-electron chi connectivity index (χ3n) is 1.97. The molecule has 0 spiro atoms. The fourth-order valence-electron chi connectivity index (χ4n) is 1.20. The molecule has 0 radical (unpaired) electrons. The van der Waals surface area contributed by atoms with E-state index in [1.54, 1.807) is 6.07 Å². The van der Waals surface area contributed by atoms with Crippen molar-refractivity contribution in [2.45, 2.75) is 6.42 Å². The van der Waals surface area contributed by atoms with Gasteiger partial charge in [-0.2, -0.15) is 0 Å². The molecule has 0 aliphatic carbocycles. The Kier molecular flexibility index (Phi) is 4.41. The minimum atomic E-state index is -0.596. The summed E-state index contributed by atoms with van der Waals surface area (Å²) in [7, 11) is 0. The molecule has 0 aliphatic heterocycles. The van der Waals surface area contributed by atoms with Crippen molar-refractivity contribution in [1.82, 2.24) is 5.32 Å². The van der Waals surface area contributed by atoms with Crippen molar-refractivity contribution in [2.24, 2.45) is 0 Å². The van der Waals surface area contributed by atoms with Crippen LogP contribution >= 0.6 is 0 Å². The molecule has 1 amide bonds. The number of carbonyl (C=O) groups excluding carboxylic acids is 1. The fourth-order valence-corrected chi connectivity index (χ4v) is 1.20. The number of hydrogen-bond donors (Lipinski definition) is 2. The van der Waals surface area contributed by atoms with E-state index in [1.165, 1.54) is 18.2 Å². The molecule has 0 bridgehead atoms. The normalized spacial score (nSPS) is 9.81. The minimum Gasteiger partial charge on any atom is -0.396 e. The smallest absolute Gasteiger partial charge is 0.282 e. The molecule has 0 saturated heterocycles. The number of carbonyl (C=O) groups is 1. The Hall–Kier alpha value is -1.95. The van der Waals surface area contributed by atoms with Crippen LogP contribution in [0.5, 0.6) is 0 Å². The summed E-state index contributed by atoms with van der Waals surface area (Å²) in [5.74, 6) is -0.499. The molecule has 6 nitrogen and oxygen atoms in total. The van der Waals surface area contributed by atoms with Crippen LogP contribution in [0, 0.1) is 10.1 Å². The monoisotopic (exact) mass is 224 g/mol. The summed E-state index contributed by atoms with van der Waals surface area (Å²) < 4.78 is 0. The van der Waals surface area contributed by atoms with Crippen LogP contribution in [0.25, 0.3) is 0 Å². The van der Waals surface area contributed by atoms with Gasteiger partial charge in [0.05, 0.1) is 4.92 Å². The topological polar surface area (TPSA) is 92.5 Å². The molecule has 0 heterocycles. The zero-order chi connectivity index (χ0) is 12.0. The number of aliphatic hydroxyl groups is 1. The average molecular weight is 224 g/mol. The third kappa shape index (κ3) is 3.03. The van der Waals surface area contributed by atoms with E-state index in [-0.39, 0.29) is 17.9 Å². The first-order valence-electron chi connectivity index (χ1n) is 4.79. The quantitative estimate of drug-likeness (QED) is 0.437. The lowest BCUT2D eigenvalue weighted by atomic mass is 10.1. The Balaban J connectivity index is 2.78. The molecular formula is C10H12N2O4. The number of aliphatic hydroxyl groups excluding tert-OH is 1. The largest absolute Gasteiger partial charge is 0.396 e. The summed E-state index contributed by atoms with van der Waals surface area (Å²) in [5, 5.41) is 21.7. The first-order valence-corrected chi connectivity index (χ1v) is 4.79. The van der Waals surface area contributed by atoms with Gasteiger partial charge in [0.15, 0.2) is 0 Å². The second-order valence-electron chi connectivity index (χ2n) is 3.11. The highest BCUT2D eigenvalue weighted by molar-refractivity contribution is 5.98. The van der Waals surface area contributed by atoms with E-state index in [2.05, 4.69) is 5.32 Å². The molecule has 0 atom stereocenters. The van der Waals surface area contributed by atoms with Crippen molar-refractivity contribution in [2.75, 3.05) is 13.2 Å². The van der Waals surface area contributed by atoms with Crippen molar-refractivity contribution >= 4 is 11.6 Å². The van der Waals surface area contributed by atoms with E-state index in [4.69, 9.17) is 5.11 Å². The Morgan fingerprint density at radius 3 is 2.75 bits per heavy atom. The Morgan fingerprint density at radius 2 is 2.12 bits per heavy atom. The Labute approximate surface area is 92.0 Å². The summed E-state index contributed by atoms with van der Waals surface area (Å²) in [5.41, 5.74) is -0.186. The maximum absolute atomic E-state index is 11.5. The molecule has 6 heteroatoms.